The fourth-order valence-corrected chi connectivity index (χ4v) is 3.55. The monoisotopic (exact) mass is 286 g/mol. The molecule has 120 valence electrons. The molecule has 0 radical (unpaired) electrons. The van der Waals surface area contributed by atoms with Gasteiger partial charge in [-0.25, -0.2) is 0 Å². The van der Waals surface area contributed by atoms with Crippen molar-refractivity contribution in [1.29, 1.82) is 0 Å². The Morgan fingerprint density at radius 3 is 2.05 bits per heavy atom. The predicted octanol–water partition coefficient (Wildman–Crippen LogP) is 2.27. The largest absolute Gasteiger partial charge is 0.383 e. The summed E-state index contributed by atoms with van der Waals surface area (Å²) in [6.07, 6.45) is 7.76. The van der Waals surface area contributed by atoms with E-state index in [4.69, 9.17) is 15.2 Å². The molecule has 0 unspecified atom stereocenters. The maximum Gasteiger partial charge on any atom is 0.0589 e. The first-order valence-electron chi connectivity index (χ1n) is 8.15. The normalized spacial score (nSPS) is 27.1. The van der Waals surface area contributed by atoms with Crippen LogP contribution in [0.4, 0.5) is 0 Å². The summed E-state index contributed by atoms with van der Waals surface area (Å²) in [4.78, 5) is 2.52. The molecular formula is C16H34N2O2. The minimum Gasteiger partial charge on any atom is -0.383 e. The molecule has 1 rings (SSSR count). The molecule has 0 aromatic carbocycles. The molecule has 1 aliphatic carbocycles. The lowest BCUT2D eigenvalue weighted by molar-refractivity contribution is 0.00567. The van der Waals surface area contributed by atoms with Gasteiger partial charge in [-0.15, -0.1) is 0 Å². The van der Waals surface area contributed by atoms with Gasteiger partial charge in [0.15, 0.2) is 0 Å². The molecule has 0 bridgehead atoms. The molecule has 20 heavy (non-hydrogen) atoms. The van der Waals surface area contributed by atoms with Gasteiger partial charge < -0.3 is 15.2 Å². The second-order valence-electron chi connectivity index (χ2n) is 6.13. The fourth-order valence-electron chi connectivity index (χ4n) is 3.55. The molecule has 0 saturated heterocycles. The van der Waals surface area contributed by atoms with E-state index in [2.05, 4.69) is 11.8 Å². The van der Waals surface area contributed by atoms with E-state index >= 15 is 0 Å². The molecule has 4 nitrogen and oxygen atoms in total. The van der Waals surface area contributed by atoms with Gasteiger partial charge in [-0.2, -0.15) is 0 Å². The van der Waals surface area contributed by atoms with Crippen LogP contribution < -0.4 is 5.73 Å². The topological polar surface area (TPSA) is 47.7 Å². The quantitative estimate of drug-likeness (QED) is 0.669. The van der Waals surface area contributed by atoms with Crippen LogP contribution in [0.2, 0.25) is 0 Å². The van der Waals surface area contributed by atoms with Crippen LogP contribution in [0, 0.1) is 5.92 Å². The molecule has 0 amide bonds. The van der Waals surface area contributed by atoms with Gasteiger partial charge in [0.2, 0.25) is 0 Å². The molecule has 2 N–H and O–H groups in total. The molecule has 4 heteroatoms. The van der Waals surface area contributed by atoms with Crippen LogP contribution in [0.5, 0.6) is 0 Å². The van der Waals surface area contributed by atoms with Crippen molar-refractivity contribution < 1.29 is 9.47 Å². The number of nitrogens with zero attached hydrogens (tertiary/aromatic N) is 1. The van der Waals surface area contributed by atoms with Crippen LogP contribution in [0.1, 0.15) is 45.4 Å². The first-order valence-corrected chi connectivity index (χ1v) is 8.15. The van der Waals surface area contributed by atoms with Gasteiger partial charge in [0.05, 0.1) is 13.2 Å². The zero-order valence-corrected chi connectivity index (χ0v) is 13.7. The zero-order chi connectivity index (χ0) is 14.8. The second-order valence-corrected chi connectivity index (χ2v) is 6.13. The Balaban J connectivity index is 2.62. The van der Waals surface area contributed by atoms with Crippen LogP contribution in [-0.4, -0.2) is 57.5 Å². The molecule has 0 aliphatic heterocycles. The van der Waals surface area contributed by atoms with E-state index in [1.165, 1.54) is 38.5 Å². The van der Waals surface area contributed by atoms with Crippen molar-refractivity contribution in [3.8, 4) is 0 Å². The van der Waals surface area contributed by atoms with Crippen molar-refractivity contribution >= 4 is 0 Å². The highest BCUT2D eigenvalue weighted by Gasteiger charge is 2.38. The van der Waals surface area contributed by atoms with Crippen molar-refractivity contribution in [1.82, 2.24) is 4.90 Å². The van der Waals surface area contributed by atoms with Crippen molar-refractivity contribution in [2.45, 2.75) is 51.0 Å². The minimum absolute atomic E-state index is 0.168. The Bertz CT molecular complexity index is 233. The highest BCUT2D eigenvalue weighted by atomic mass is 16.5. The molecule has 1 saturated carbocycles. The summed E-state index contributed by atoms with van der Waals surface area (Å²) in [5.41, 5.74) is 6.35. The molecule has 1 aliphatic rings. The summed E-state index contributed by atoms with van der Waals surface area (Å²) < 4.78 is 10.5. The third-order valence-corrected chi connectivity index (χ3v) is 4.91. The van der Waals surface area contributed by atoms with Crippen molar-refractivity contribution in [3.63, 3.8) is 0 Å². The van der Waals surface area contributed by atoms with Crippen molar-refractivity contribution in [3.05, 3.63) is 0 Å². The van der Waals surface area contributed by atoms with Gasteiger partial charge in [-0.1, -0.05) is 19.8 Å². The van der Waals surface area contributed by atoms with E-state index in [0.29, 0.717) is 0 Å². The first kappa shape index (κ1) is 17.9. The predicted molar refractivity (Wildman–Crippen MR) is 84.0 cm³/mol. The van der Waals surface area contributed by atoms with E-state index in [1.807, 2.05) is 0 Å². The van der Waals surface area contributed by atoms with Gasteiger partial charge in [0.25, 0.3) is 0 Å². The van der Waals surface area contributed by atoms with Gasteiger partial charge in [-0.3, -0.25) is 4.90 Å². The molecule has 0 aromatic heterocycles. The molecule has 1 fully saturated rings. The number of methoxy groups -OCH3 is 2. The Kier molecular flexibility index (Phi) is 8.69. The van der Waals surface area contributed by atoms with Gasteiger partial charge in [0, 0.05) is 39.4 Å². The number of hydrogen-bond acceptors (Lipinski definition) is 4. The summed E-state index contributed by atoms with van der Waals surface area (Å²) in [5, 5.41) is 0. The van der Waals surface area contributed by atoms with E-state index in [-0.39, 0.29) is 5.54 Å². The first-order chi connectivity index (χ1) is 9.72. The summed E-state index contributed by atoms with van der Waals surface area (Å²) >= 11 is 0. The van der Waals surface area contributed by atoms with Crippen LogP contribution in [0.25, 0.3) is 0 Å². The average Bonchev–Trinajstić information content (AvgIpc) is 2.49. The lowest BCUT2D eigenvalue weighted by Gasteiger charge is -2.47. The second kappa shape index (κ2) is 9.72. The van der Waals surface area contributed by atoms with E-state index in [9.17, 15) is 0 Å². The Morgan fingerprint density at radius 1 is 1.10 bits per heavy atom. The number of nitrogens with two attached hydrogens (primary N) is 1. The maximum atomic E-state index is 6.18. The van der Waals surface area contributed by atoms with E-state index in [1.54, 1.807) is 14.2 Å². The van der Waals surface area contributed by atoms with Gasteiger partial charge in [-0.05, 0) is 31.6 Å². The molecule has 0 aromatic rings. The summed E-state index contributed by atoms with van der Waals surface area (Å²) in [6.45, 7) is 6.48. The average molecular weight is 286 g/mol. The van der Waals surface area contributed by atoms with Crippen molar-refractivity contribution in [2.75, 3.05) is 47.1 Å². The smallest absolute Gasteiger partial charge is 0.0589 e. The third kappa shape index (κ3) is 4.99. The van der Waals surface area contributed by atoms with E-state index < -0.39 is 0 Å². The molecule has 0 heterocycles. The molecule has 0 spiro atoms. The Labute approximate surface area is 125 Å². The van der Waals surface area contributed by atoms with E-state index in [0.717, 1.165) is 38.8 Å². The number of hydrogen-bond donors (Lipinski definition) is 1. The highest BCUT2D eigenvalue weighted by molar-refractivity contribution is 4.96. The van der Waals surface area contributed by atoms with Gasteiger partial charge in [0.1, 0.15) is 0 Å². The number of rotatable bonds is 10. The maximum absolute atomic E-state index is 6.18. The Morgan fingerprint density at radius 2 is 1.65 bits per heavy atom. The SMILES string of the molecule is CCCC1CCC(CN)(N(CCOC)CCOC)CC1. The summed E-state index contributed by atoms with van der Waals surface area (Å²) in [5.74, 6) is 0.909. The standard InChI is InChI=1S/C16H34N2O2/c1-4-5-15-6-8-16(14-17,9-7-15)18(10-12-19-2)11-13-20-3/h15H,4-14,17H2,1-3H3. The minimum atomic E-state index is 0.168. The number of ether oxygens (including phenoxy) is 2. The van der Waals surface area contributed by atoms with Crippen molar-refractivity contribution in [2.24, 2.45) is 11.7 Å². The summed E-state index contributed by atoms with van der Waals surface area (Å²) in [6, 6.07) is 0. The summed E-state index contributed by atoms with van der Waals surface area (Å²) in [7, 11) is 3.53. The molecule has 0 atom stereocenters. The van der Waals surface area contributed by atoms with Crippen LogP contribution >= 0.6 is 0 Å². The highest BCUT2D eigenvalue weighted by Crippen LogP contribution is 2.37. The molecular weight excluding hydrogens is 252 g/mol. The van der Waals surface area contributed by atoms with Gasteiger partial charge >= 0.3 is 0 Å². The van der Waals surface area contributed by atoms with Crippen LogP contribution in [0.15, 0.2) is 0 Å². The Hall–Kier alpha value is -0.160. The third-order valence-electron chi connectivity index (χ3n) is 4.91. The lowest BCUT2D eigenvalue weighted by Crippen LogP contribution is -2.57. The zero-order valence-electron chi connectivity index (χ0n) is 13.7. The fraction of sp³-hybridized carbons (Fsp3) is 1.00. The van der Waals surface area contributed by atoms with Crippen LogP contribution in [-0.2, 0) is 9.47 Å². The lowest BCUT2D eigenvalue weighted by atomic mass is 9.74. The van der Waals surface area contributed by atoms with Crippen LogP contribution in [0.3, 0.4) is 0 Å².